The van der Waals surface area contributed by atoms with Crippen LogP contribution in [0, 0.1) is 0 Å². The van der Waals surface area contributed by atoms with Crippen LogP contribution < -0.4 is 5.73 Å². The Kier molecular flexibility index (Phi) is 8.44. The molecule has 0 heterocycles. The van der Waals surface area contributed by atoms with Crippen LogP contribution in [0.5, 0.6) is 0 Å². The number of hydrogen-bond donors (Lipinski definition) is 1. The third-order valence-corrected chi connectivity index (χ3v) is 11.8. The average molecular weight is 706 g/mol. The van der Waals surface area contributed by atoms with Crippen molar-refractivity contribution in [3.8, 4) is 33.4 Å². The first-order valence-electron chi connectivity index (χ1n) is 19.1. The fraction of sp³-hybridized carbons (Fsp3) is 0.0741. The molecule has 2 aliphatic carbocycles. The summed E-state index contributed by atoms with van der Waals surface area (Å²) in [7, 11) is 0. The summed E-state index contributed by atoms with van der Waals surface area (Å²) in [6.45, 7) is 8.45. The smallest absolute Gasteiger partial charge is 0.0720 e. The minimum Gasteiger partial charge on any atom is -0.398 e. The standard InChI is InChI=1S/C28H23N.C26H20/c1-27(2)20-12-5-7-14-22(20)28(23-15-8-6-13-21(23)27)19-11-4-3-10-18(19)26-24(28)16-9-17-25(26)29;1-2-3-9-20-10-4-6-13-24(20)22-16-18-23(19-17-22)26-15-8-12-21-11-5-7-14-25(21)26/h3-17H,29H2,1-2H3;2-19H,1H2/b;9-3-. The van der Waals surface area contributed by atoms with E-state index in [1.807, 2.05) is 12.1 Å². The van der Waals surface area contributed by atoms with Gasteiger partial charge in [-0.15, -0.1) is 0 Å². The van der Waals surface area contributed by atoms with Crippen molar-refractivity contribution in [2.45, 2.75) is 24.7 Å². The van der Waals surface area contributed by atoms with Crippen molar-refractivity contribution >= 4 is 22.5 Å². The number of nitrogens with two attached hydrogens (primary N) is 1. The van der Waals surface area contributed by atoms with Gasteiger partial charge >= 0.3 is 0 Å². The molecule has 0 saturated carbocycles. The molecule has 264 valence electrons. The van der Waals surface area contributed by atoms with E-state index in [0.29, 0.717) is 0 Å². The monoisotopic (exact) mass is 705 g/mol. The Morgan fingerprint density at radius 3 is 1.64 bits per heavy atom. The van der Waals surface area contributed by atoms with Crippen molar-refractivity contribution in [3.05, 3.63) is 240 Å². The second-order valence-corrected chi connectivity index (χ2v) is 15.1. The molecule has 8 aromatic carbocycles. The highest BCUT2D eigenvalue weighted by atomic mass is 14.6. The van der Waals surface area contributed by atoms with Crippen LogP contribution in [0.3, 0.4) is 0 Å². The van der Waals surface area contributed by atoms with E-state index in [0.717, 1.165) is 5.69 Å². The van der Waals surface area contributed by atoms with Crippen LogP contribution >= 0.6 is 0 Å². The summed E-state index contributed by atoms with van der Waals surface area (Å²) >= 11 is 0. The lowest BCUT2D eigenvalue weighted by Gasteiger charge is -2.46. The van der Waals surface area contributed by atoms with E-state index in [-0.39, 0.29) is 10.8 Å². The molecule has 0 atom stereocenters. The highest BCUT2D eigenvalue weighted by Crippen LogP contribution is 2.62. The molecule has 0 saturated heterocycles. The highest BCUT2D eigenvalue weighted by Gasteiger charge is 2.53. The third kappa shape index (κ3) is 5.38. The molecule has 2 aliphatic rings. The number of fused-ring (bicyclic) bond motifs is 10. The summed E-state index contributed by atoms with van der Waals surface area (Å²) in [5.41, 5.74) is 23.8. The lowest BCUT2D eigenvalue weighted by Crippen LogP contribution is -2.40. The molecule has 1 spiro atoms. The molecule has 0 fully saturated rings. The highest BCUT2D eigenvalue weighted by molar-refractivity contribution is 5.97. The summed E-state index contributed by atoms with van der Waals surface area (Å²) in [4.78, 5) is 0. The molecule has 2 N–H and O–H groups in total. The van der Waals surface area contributed by atoms with Gasteiger partial charge < -0.3 is 5.73 Å². The lowest BCUT2D eigenvalue weighted by molar-refractivity contribution is 0.563. The van der Waals surface area contributed by atoms with Crippen molar-refractivity contribution in [1.82, 2.24) is 0 Å². The summed E-state index contributed by atoms with van der Waals surface area (Å²) in [6.07, 6.45) is 5.88. The van der Waals surface area contributed by atoms with E-state index in [1.54, 1.807) is 6.08 Å². The molecule has 0 aliphatic heterocycles. The first kappa shape index (κ1) is 34.1. The van der Waals surface area contributed by atoms with Crippen LogP contribution in [0.2, 0.25) is 0 Å². The maximum atomic E-state index is 6.57. The molecule has 10 rings (SSSR count). The Hall–Kier alpha value is -6.70. The minimum atomic E-state index is -0.329. The van der Waals surface area contributed by atoms with Gasteiger partial charge in [0.05, 0.1) is 5.41 Å². The molecule has 0 radical (unpaired) electrons. The molecule has 0 aromatic heterocycles. The molecule has 0 bridgehead atoms. The number of rotatable bonds is 4. The second kappa shape index (κ2) is 13.6. The van der Waals surface area contributed by atoms with Gasteiger partial charge in [-0.3, -0.25) is 0 Å². The third-order valence-electron chi connectivity index (χ3n) is 11.8. The minimum absolute atomic E-state index is 0.0591. The maximum absolute atomic E-state index is 6.57. The topological polar surface area (TPSA) is 26.0 Å². The van der Waals surface area contributed by atoms with Crippen molar-refractivity contribution in [1.29, 1.82) is 0 Å². The molecule has 1 nitrogen and oxygen atoms in total. The van der Waals surface area contributed by atoms with Crippen molar-refractivity contribution in [2.75, 3.05) is 5.73 Å². The van der Waals surface area contributed by atoms with Crippen molar-refractivity contribution in [2.24, 2.45) is 0 Å². The van der Waals surface area contributed by atoms with E-state index < -0.39 is 0 Å². The Bertz CT molecular complexity index is 2710. The van der Waals surface area contributed by atoms with Gasteiger partial charge in [-0.2, -0.15) is 0 Å². The van der Waals surface area contributed by atoms with E-state index in [2.05, 4.69) is 202 Å². The van der Waals surface area contributed by atoms with Gasteiger partial charge in [-0.05, 0) is 83.6 Å². The number of benzene rings is 8. The van der Waals surface area contributed by atoms with Gasteiger partial charge in [0.1, 0.15) is 0 Å². The summed E-state index contributed by atoms with van der Waals surface area (Å²) < 4.78 is 0. The second-order valence-electron chi connectivity index (χ2n) is 15.1. The maximum Gasteiger partial charge on any atom is 0.0720 e. The molecule has 1 heteroatoms. The first-order valence-corrected chi connectivity index (χ1v) is 19.1. The van der Waals surface area contributed by atoms with E-state index >= 15 is 0 Å². The molecule has 8 aromatic rings. The normalized spacial score (nSPS) is 14.0. The van der Waals surface area contributed by atoms with Gasteiger partial charge in [-0.25, -0.2) is 0 Å². The molecular weight excluding hydrogens is 663 g/mol. The van der Waals surface area contributed by atoms with Crippen LogP contribution in [0.15, 0.2) is 201 Å². The summed E-state index contributed by atoms with van der Waals surface area (Å²) in [5, 5.41) is 2.56. The lowest BCUT2D eigenvalue weighted by atomic mass is 9.55. The number of anilines is 1. The van der Waals surface area contributed by atoms with E-state index in [1.165, 1.54) is 83.1 Å². The molecule has 55 heavy (non-hydrogen) atoms. The van der Waals surface area contributed by atoms with Gasteiger partial charge in [0, 0.05) is 16.7 Å². The quantitative estimate of drug-likeness (QED) is 0.143. The van der Waals surface area contributed by atoms with Crippen LogP contribution in [0.1, 0.15) is 52.8 Å². The Morgan fingerprint density at radius 1 is 0.455 bits per heavy atom. The molecule has 0 unspecified atom stereocenters. The fourth-order valence-corrected chi connectivity index (χ4v) is 9.32. The fourth-order valence-electron chi connectivity index (χ4n) is 9.32. The van der Waals surface area contributed by atoms with Crippen LogP contribution in [0.4, 0.5) is 5.69 Å². The van der Waals surface area contributed by atoms with Gasteiger partial charge in [0.2, 0.25) is 0 Å². The zero-order valence-corrected chi connectivity index (χ0v) is 31.3. The number of allylic oxidation sites excluding steroid dienone is 2. The van der Waals surface area contributed by atoms with E-state index in [9.17, 15) is 0 Å². The van der Waals surface area contributed by atoms with E-state index in [4.69, 9.17) is 5.73 Å². The first-order chi connectivity index (χ1) is 26.9. The predicted octanol–water partition coefficient (Wildman–Crippen LogP) is 13.6. The SMILES string of the molecule is C=C/C=C\c1ccccc1-c1ccc(-c2cccc3ccccc23)cc1.CC1(C)c2ccccc2C2(c3ccccc3-c3c(N)cccc32)c2ccccc21. The zero-order valence-electron chi connectivity index (χ0n) is 31.3. The average Bonchev–Trinajstić information content (AvgIpc) is 3.54. The van der Waals surface area contributed by atoms with Crippen LogP contribution in [-0.4, -0.2) is 0 Å². The summed E-state index contributed by atoms with van der Waals surface area (Å²) in [5.74, 6) is 0. The number of nitrogen functional groups attached to an aromatic ring is 1. The molecule has 0 amide bonds. The van der Waals surface area contributed by atoms with Crippen LogP contribution in [0.25, 0.3) is 50.2 Å². The van der Waals surface area contributed by atoms with Crippen LogP contribution in [-0.2, 0) is 10.8 Å². The predicted molar refractivity (Wildman–Crippen MR) is 234 cm³/mol. The van der Waals surface area contributed by atoms with Gasteiger partial charge in [-0.1, -0.05) is 215 Å². The molecular formula is C54H43N. The Morgan fingerprint density at radius 2 is 0.945 bits per heavy atom. The Labute approximate surface area is 324 Å². The van der Waals surface area contributed by atoms with Gasteiger partial charge in [0.15, 0.2) is 0 Å². The zero-order chi connectivity index (χ0) is 37.6. The number of hydrogen-bond acceptors (Lipinski definition) is 1. The Balaban J connectivity index is 0.000000145. The van der Waals surface area contributed by atoms with Crippen molar-refractivity contribution < 1.29 is 0 Å². The van der Waals surface area contributed by atoms with Crippen molar-refractivity contribution in [3.63, 3.8) is 0 Å². The van der Waals surface area contributed by atoms with Gasteiger partial charge in [0.25, 0.3) is 0 Å². The summed E-state index contributed by atoms with van der Waals surface area (Å²) in [6, 6.07) is 65.5. The largest absolute Gasteiger partial charge is 0.398 e.